The zero-order valence-electron chi connectivity index (χ0n) is 11.5. The number of hydrogen-bond acceptors (Lipinski definition) is 4. The van der Waals surface area contributed by atoms with E-state index in [0.717, 1.165) is 24.1 Å². The first-order valence-electron chi connectivity index (χ1n) is 6.58. The van der Waals surface area contributed by atoms with Gasteiger partial charge in [-0.05, 0) is 31.0 Å². The molecule has 1 saturated carbocycles. The average molecular weight is 272 g/mol. The molecule has 3 rings (SSSR count). The highest BCUT2D eigenvalue weighted by atomic mass is 16.4. The molecule has 0 aliphatic heterocycles. The van der Waals surface area contributed by atoms with Crippen LogP contribution in [0.1, 0.15) is 35.0 Å². The standard InChI is InChI=1S/C15H16N2O3/c1-17(2)11-5-3-4-10(8-11)14-16-12(9-6-7-9)13(20-14)15(18)19/h3-5,8-9H,6-7H2,1-2H3,(H,18,19). The van der Waals surface area contributed by atoms with Gasteiger partial charge in [-0.1, -0.05) is 6.07 Å². The number of oxazole rings is 1. The normalized spacial score (nSPS) is 14.3. The maximum atomic E-state index is 11.2. The number of benzene rings is 1. The summed E-state index contributed by atoms with van der Waals surface area (Å²) in [5, 5.41) is 9.20. The fourth-order valence-electron chi connectivity index (χ4n) is 2.16. The summed E-state index contributed by atoms with van der Waals surface area (Å²) in [5.41, 5.74) is 2.40. The van der Waals surface area contributed by atoms with E-state index in [4.69, 9.17) is 4.42 Å². The summed E-state index contributed by atoms with van der Waals surface area (Å²) in [4.78, 5) is 17.6. The predicted octanol–water partition coefficient (Wildman–Crippen LogP) is 2.98. The Morgan fingerprint density at radius 1 is 1.40 bits per heavy atom. The van der Waals surface area contributed by atoms with Crippen LogP contribution in [-0.2, 0) is 0 Å². The third-order valence-electron chi connectivity index (χ3n) is 3.42. The molecule has 0 radical (unpaired) electrons. The molecule has 2 aromatic rings. The molecule has 1 fully saturated rings. The minimum Gasteiger partial charge on any atom is -0.475 e. The van der Waals surface area contributed by atoms with Gasteiger partial charge in [0.05, 0.1) is 5.69 Å². The van der Waals surface area contributed by atoms with E-state index in [2.05, 4.69) is 4.98 Å². The maximum absolute atomic E-state index is 11.2. The summed E-state index contributed by atoms with van der Waals surface area (Å²) in [6.45, 7) is 0. The average Bonchev–Trinajstić information content (AvgIpc) is 3.17. The van der Waals surface area contributed by atoms with Gasteiger partial charge in [-0.25, -0.2) is 9.78 Å². The monoisotopic (exact) mass is 272 g/mol. The van der Waals surface area contributed by atoms with Gasteiger partial charge >= 0.3 is 5.97 Å². The van der Waals surface area contributed by atoms with E-state index in [9.17, 15) is 9.90 Å². The van der Waals surface area contributed by atoms with E-state index in [1.807, 2.05) is 43.3 Å². The smallest absolute Gasteiger partial charge is 0.373 e. The quantitative estimate of drug-likeness (QED) is 0.926. The molecule has 0 unspecified atom stereocenters. The summed E-state index contributed by atoms with van der Waals surface area (Å²) < 4.78 is 5.47. The summed E-state index contributed by atoms with van der Waals surface area (Å²) in [5.74, 6) is -0.434. The van der Waals surface area contributed by atoms with Crippen LogP contribution in [0.5, 0.6) is 0 Å². The van der Waals surface area contributed by atoms with Crippen LogP contribution < -0.4 is 4.90 Å². The number of aromatic carboxylic acids is 1. The van der Waals surface area contributed by atoms with Gasteiger partial charge in [-0.3, -0.25) is 0 Å². The second-order valence-electron chi connectivity index (χ2n) is 5.26. The summed E-state index contributed by atoms with van der Waals surface area (Å²) >= 11 is 0. The number of carboxylic acid groups (broad SMARTS) is 1. The first-order valence-corrected chi connectivity index (χ1v) is 6.58. The van der Waals surface area contributed by atoms with Gasteiger partial charge in [0.2, 0.25) is 11.7 Å². The van der Waals surface area contributed by atoms with Crippen molar-refractivity contribution in [3.8, 4) is 11.5 Å². The zero-order chi connectivity index (χ0) is 14.3. The third-order valence-corrected chi connectivity index (χ3v) is 3.42. The molecular formula is C15H16N2O3. The molecule has 0 amide bonds. The van der Waals surface area contributed by atoms with Crippen molar-refractivity contribution in [1.29, 1.82) is 0 Å². The van der Waals surface area contributed by atoms with Gasteiger partial charge in [0.15, 0.2) is 0 Å². The number of rotatable bonds is 4. The molecule has 0 bridgehead atoms. The summed E-state index contributed by atoms with van der Waals surface area (Å²) in [6.07, 6.45) is 1.98. The number of carbonyl (C=O) groups is 1. The number of aromatic nitrogens is 1. The minimum atomic E-state index is -1.05. The molecule has 5 heteroatoms. The van der Waals surface area contributed by atoms with Crippen LogP contribution in [0.15, 0.2) is 28.7 Å². The number of anilines is 1. The van der Waals surface area contributed by atoms with Gasteiger partial charge in [-0.15, -0.1) is 0 Å². The van der Waals surface area contributed by atoms with E-state index in [0.29, 0.717) is 11.6 Å². The predicted molar refractivity (Wildman–Crippen MR) is 75.2 cm³/mol. The first-order chi connectivity index (χ1) is 9.56. The van der Waals surface area contributed by atoms with Crippen molar-refractivity contribution in [2.24, 2.45) is 0 Å². The highest BCUT2D eigenvalue weighted by Gasteiger charge is 2.33. The SMILES string of the molecule is CN(C)c1cccc(-c2nc(C3CC3)c(C(=O)O)o2)c1. The fraction of sp³-hybridized carbons (Fsp3) is 0.333. The van der Waals surface area contributed by atoms with Gasteiger partial charge in [0.25, 0.3) is 0 Å². The van der Waals surface area contributed by atoms with E-state index >= 15 is 0 Å². The van der Waals surface area contributed by atoms with Gasteiger partial charge < -0.3 is 14.4 Å². The molecular weight excluding hydrogens is 256 g/mol. The van der Waals surface area contributed by atoms with E-state index in [1.54, 1.807) is 0 Å². The Kier molecular flexibility index (Phi) is 2.97. The summed E-state index contributed by atoms with van der Waals surface area (Å²) in [7, 11) is 3.90. The van der Waals surface area contributed by atoms with Crippen molar-refractivity contribution in [1.82, 2.24) is 4.98 Å². The highest BCUT2D eigenvalue weighted by molar-refractivity contribution is 5.86. The zero-order valence-corrected chi connectivity index (χ0v) is 11.5. The second-order valence-corrected chi connectivity index (χ2v) is 5.26. The van der Waals surface area contributed by atoms with Crippen LogP contribution in [-0.4, -0.2) is 30.2 Å². The van der Waals surface area contributed by atoms with Crippen LogP contribution in [0.25, 0.3) is 11.5 Å². The largest absolute Gasteiger partial charge is 0.475 e. The van der Waals surface area contributed by atoms with Crippen molar-refractivity contribution in [3.05, 3.63) is 35.7 Å². The topological polar surface area (TPSA) is 66.6 Å². The van der Waals surface area contributed by atoms with Crippen molar-refractivity contribution in [2.75, 3.05) is 19.0 Å². The molecule has 1 aliphatic rings. The molecule has 1 aromatic heterocycles. The van der Waals surface area contributed by atoms with E-state index < -0.39 is 5.97 Å². The van der Waals surface area contributed by atoms with E-state index in [1.165, 1.54) is 0 Å². The van der Waals surface area contributed by atoms with Crippen LogP contribution in [0.2, 0.25) is 0 Å². The number of hydrogen-bond donors (Lipinski definition) is 1. The van der Waals surface area contributed by atoms with Gasteiger partial charge in [-0.2, -0.15) is 0 Å². The highest BCUT2D eigenvalue weighted by Crippen LogP contribution is 2.42. The van der Waals surface area contributed by atoms with E-state index in [-0.39, 0.29) is 11.7 Å². The Labute approximate surface area is 116 Å². The Balaban J connectivity index is 2.03. The Morgan fingerprint density at radius 3 is 2.75 bits per heavy atom. The lowest BCUT2D eigenvalue weighted by molar-refractivity contribution is 0.0661. The van der Waals surface area contributed by atoms with Gasteiger partial charge in [0, 0.05) is 31.3 Å². The van der Waals surface area contributed by atoms with Crippen LogP contribution in [0, 0.1) is 0 Å². The van der Waals surface area contributed by atoms with Gasteiger partial charge in [0.1, 0.15) is 0 Å². The Morgan fingerprint density at radius 2 is 2.15 bits per heavy atom. The molecule has 0 saturated heterocycles. The van der Waals surface area contributed by atoms with Crippen molar-refractivity contribution >= 4 is 11.7 Å². The second kappa shape index (κ2) is 4.67. The van der Waals surface area contributed by atoms with Crippen LogP contribution in [0.4, 0.5) is 5.69 Å². The lowest BCUT2D eigenvalue weighted by atomic mass is 10.2. The molecule has 0 atom stereocenters. The fourth-order valence-corrected chi connectivity index (χ4v) is 2.16. The lowest BCUT2D eigenvalue weighted by Crippen LogP contribution is -2.08. The van der Waals surface area contributed by atoms with Crippen LogP contribution >= 0.6 is 0 Å². The lowest BCUT2D eigenvalue weighted by Gasteiger charge is -2.12. The number of carboxylic acids is 1. The number of nitrogens with zero attached hydrogens (tertiary/aromatic N) is 2. The molecule has 1 aromatic carbocycles. The molecule has 104 valence electrons. The van der Waals surface area contributed by atoms with Crippen LogP contribution in [0.3, 0.4) is 0 Å². The molecule has 0 spiro atoms. The Bertz CT molecular complexity index is 657. The molecule has 1 aliphatic carbocycles. The molecule has 1 N–H and O–H groups in total. The first kappa shape index (κ1) is 12.7. The maximum Gasteiger partial charge on any atom is 0.373 e. The minimum absolute atomic E-state index is 0.0160. The van der Waals surface area contributed by atoms with Crippen molar-refractivity contribution in [3.63, 3.8) is 0 Å². The third kappa shape index (κ3) is 2.27. The Hall–Kier alpha value is -2.30. The summed E-state index contributed by atoms with van der Waals surface area (Å²) in [6, 6.07) is 7.70. The van der Waals surface area contributed by atoms with Crippen molar-refractivity contribution < 1.29 is 14.3 Å². The molecule has 5 nitrogen and oxygen atoms in total. The molecule has 20 heavy (non-hydrogen) atoms. The molecule has 1 heterocycles. The van der Waals surface area contributed by atoms with Crippen molar-refractivity contribution in [2.45, 2.75) is 18.8 Å².